The highest BCUT2D eigenvalue weighted by atomic mass is 19.2. The van der Waals surface area contributed by atoms with Gasteiger partial charge in [0.25, 0.3) is 0 Å². The van der Waals surface area contributed by atoms with Gasteiger partial charge in [-0.1, -0.05) is 12.1 Å². The maximum atomic E-state index is 13.3. The van der Waals surface area contributed by atoms with E-state index in [2.05, 4.69) is 5.32 Å². The maximum absolute atomic E-state index is 13.3. The van der Waals surface area contributed by atoms with Crippen LogP contribution in [-0.4, -0.2) is 25.5 Å². The van der Waals surface area contributed by atoms with E-state index in [-0.39, 0.29) is 24.1 Å². The summed E-state index contributed by atoms with van der Waals surface area (Å²) in [5.74, 6) is -1.99. The molecule has 1 saturated heterocycles. The van der Waals surface area contributed by atoms with Crippen LogP contribution in [0, 0.1) is 23.4 Å². The number of anilines is 1. The molecule has 1 aliphatic rings. The lowest BCUT2D eigenvalue weighted by atomic mass is 10.1. The smallest absolute Gasteiger partial charge is 0.224 e. The maximum Gasteiger partial charge on any atom is 0.224 e. The Morgan fingerprint density at radius 3 is 2.72 bits per heavy atom. The van der Waals surface area contributed by atoms with Gasteiger partial charge in [0, 0.05) is 31.4 Å². The van der Waals surface area contributed by atoms with E-state index in [0.717, 1.165) is 19.0 Å². The van der Waals surface area contributed by atoms with Crippen molar-refractivity contribution in [3.8, 4) is 0 Å². The van der Waals surface area contributed by atoms with E-state index in [9.17, 15) is 18.0 Å². The van der Waals surface area contributed by atoms with E-state index in [1.54, 1.807) is 18.2 Å². The van der Waals surface area contributed by atoms with Crippen molar-refractivity contribution in [1.29, 1.82) is 0 Å². The summed E-state index contributed by atoms with van der Waals surface area (Å²) in [5.41, 5.74) is 1.28. The summed E-state index contributed by atoms with van der Waals surface area (Å²) in [5, 5.41) is 2.86. The number of benzene rings is 2. The molecule has 2 aromatic carbocycles. The van der Waals surface area contributed by atoms with E-state index in [1.165, 1.54) is 18.2 Å². The zero-order chi connectivity index (χ0) is 17.8. The molecule has 25 heavy (non-hydrogen) atoms. The molecule has 1 N–H and O–H groups in total. The summed E-state index contributed by atoms with van der Waals surface area (Å²) in [7, 11) is 0. The van der Waals surface area contributed by atoms with Crippen LogP contribution in [-0.2, 0) is 11.2 Å². The molecule has 2 aromatic rings. The van der Waals surface area contributed by atoms with Crippen LogP contribution in [0.2, 0.25) is 0 Å². The van der Waals surface area contributed by atoms with Gasteiger partial charge in [-0.25, -0.2) is 13.2 Å². The minimum Gasteiger partial charge on any atom is -0.371 e. The molecule has 132 valence electrons. The molecule has 1 atom stereocenters. The summed E-state index contributed by atoms with van der Waals surface area (Å²) in [6.07, 6.45) is 0.997. The van der Waals surface area contributed by atoms with Crippen molar-refractivity contribution in [3.05, 3.63) is 65.5 Å². The number of nitrogens with zero attached hydrogens (tertiary/aromatic N) is 1. The van der Waals surface area contributed by atoms with Gasteiger partial charge in [0.1, 0.15) is 5.82 Å². The van der Waals surface area contributed by atoms with Gasteiger partial charge in [0.15, 0.2) is 11.6 Å². The van der Waals surface area contributed by atoms with Crippen molar-refractivity contribution in [1.82, 2.24) is 5.32 Å². The first kappa shape index (κ1) is 17.3. The number of carbonyl (C=O) groups is 1. The molecule has 0 spiro atoms. The summed E-state index contributed by atoms with van der Waals surface area (Å²) in [6, 6.07) is 9.85. The Morgan fingerprint density at radius 1 is 1.12 bits per heavy atom. The van der Waals surface area contributed by atoms with Crippen LogP contribution in [0.3, 0.4) is 0 Å². The third kappa shape index (κ3) is 4.53. The first-order valence-corrected chi connectivity index (χ1v) is 8.22. The summed E-state index contributed by atoms with van der Waals surface area (Å²) in [6.45, 7) is 1.91. The molecule has 1 heterocycles. The summed E-state index contributed by atoms with van der Waals surface area (Å²) < 4.78 is 39.5. The van der Waals surface area contributed by atoms with Crippen LogP contribution in [0.4, 0.5) is 18.9 Å². The van der Waals surface area contributed by atoms with Crippen molar-refractivity contribution in [2.75, 3.05) is 24.5 Å². The zero-order valence-corrected chi connectivity index (χ0v) is 13.6. The van der Waals surface area contributed by atoms with Crippen molar-refractivity contribution in [2.24, 2.45) is 5.92 Å². The van der Waals surface area contributed by atoms with E-state index in [1.807, 2.05) is 4.90 Å². The van der Waals surface area contributed by atoms with Gasteiger partial charge in [-0.2, -0.15) is 0 Å². The molecule has 3 rings (SSSR count). The Bertz CT molecular complexity index is 766. The fraction of sp³-hybridized carbons (Fsp3) is 0.316. The van der Waals surface area contributed by atoms with Gasteiger partial charge in [0.2, 0.25) is 5.91 Å². The van der Waals surface area contributed by atoms with Crippen molar-refractivity contribution < 1.29 is 18.0 Å². The topological polar surface area (TPSA) is 32.3 Å². The van der Waals surface area contributed by atoms with Crippen LogP contribution in [0.5, 0.6) is 0 Å². The van der Waals surface area contributed by atoms with Crippen molar-refractivity contribution in [3.63, 3.8) is 0 Å². The first-order valence-electron chi connectivity index (χ1n) is 8.22. The Labute approximate surface area is 144 Å². The van der Waals surface area contributed by atoms with Gasteiger partial charge >= 0.3 is 0 Å². The molecule has 0 aromatic heterocycles. The Balaban J connectivity index is 1.48. The van der Waals surface area contributed by atoms with Crippen LogP contribution >= 0.6 is 0 Å². The summed E-state index contributed by atoms with van der Waals surface area (Å²) in [4.78, 5) is 14.0. The molecule has 0 saturated carbocycles. The summed E-state index contributed by atoms with van der Waals surface area (Å²) >= 11 is 0. The van der Waals surface area contributed by atoms with Crippen molar-refractivity contribution >= 4 is 11.6 Å². The average molecular weight is 348 g/mol. The fourth-order valence-corrected chi connectivity index (χ4v) is 3.07. The lowest BCUT2D eigenvalue weighted by Gasteiger charge is -2.19. The van der Waals surface area contributed by atoms with Gasteiger partial charge in [-0.05, 0) is 42.2 Å². The molecule has 6 heteroatoms. The molecule has 1 amide bonds. The molecule has 0 bridgehead atoms. The van der Waals surface area contributed by atoms with Gasteiger partial charge in [-0.15, -0.1) is 0 Å². The van der Waals surface area contributed by atoms with Crippen LogP contribution in [0.25, 0.3) is 0 Å². The molecule has 0 unspecified atom stereocenters. The second-order valence-electron chi connectivity index (χ2n) is 6.31. The molecule has 3 nitrogen and oxygen atoms in total. The standard InChI is InChI=1S/C19H19F3N2O/c20-15-3-1-2-13(8-15)9-19(25)23-11-14-6-7-24(12-14)16-4-5-17(21)18(22)10-16/h1-5,8,10,14H,6-7,9,11-12H2,(H,23,25)/t14-/m0/s1. The number of amides is 1. The monoisotopic (exact) mass is 348 g/mol. The second-order valence-corrected chi connectivity index (χ2v) is 6.31. The molecule has 0 radical (unpaired) electrons. The Morgan fingerprint density at radius 2 is 1.96 bits per heavy atom. The van der Waals surface area contributed by atoms with Crippen molar-refractivity contribution in [2.45, 2.75) is 12.8 Å². The Hall–Kier alpha value is -2.50. The fourth-order valence-electron chi connectivity index (χ4n) is 3.07. The molecule has 1 fully saturated rings. The highest BCUT2D eigenvalue weighted by Crippen LogP contribution is 2.25. The van der Waals surface area contributed by atoms with Crippen LogP contribution in [0.15, 0.2) is 42.5 Å². The van der Waals surface area contributed by atoms with E-state index < -0.39 is 11.6 Å². The third-order valence-corrected chi connectivity index (χ3v) is 4.40. The number of hydrogen-bond donors (Lipinski definition) is 1. The normalized spacial score (nSPS) is 16.9. The number of halogens is 3. The lowest BCUT2D eigenvalue weighted by molar-refractivity contribution is -0.120. The van der Waals surface area contributed by atoms with Gasteiger partial charge in [0.05, 0.1) is 6.42 Å². The van der Waals surface area contributed by atoms with E-state index in [0.29, 0.717) is 24.3 Å². The highest BCUT2D eigenvalue weighted by Gasteiger charge is 2.23. The minimum atomic E-state index is -0.857. The SMILES string of the molecule is O=C(Cc1cccc(F)c1)NC[C@@H]1CCN(c2ccc(F)c(F)c2)C1. The predicted octanol–water partition coefficient (Wildman–Crippen LogP) is 3.29. The largest absolute Gasteiger partial charge is 0.371 e. The quantitative estimate of drug-likeness (QED) is 0.899. The second kappa shape index (κ2) is 7.59. The van der Waals surface area contributed by atoms with Crippen LogP contribution < -0.4 is 10.2 Å². The highest BCUT2D eigenvalue weighted by molar-refractivity contribution is 5.78. The van der Waals surface area contributed by atoms with E-state index in [4.69, 9.17) is 0 Å². The number of rotatable bonds is 5. The van der Waals surface area contributed by atoms with Crippen LogP contribution in [0.1, 0.15) is 12.0 Å². The Kier molecular flexibility index (Phi) is 5.26. The third-order valence-electron chi connectivity index (χ3n) is 4.40. The molecule has 0 aliphatic carbocycles. The molecular weight excluding hydrogens is 329 g/mol. The lowest BCUT2D eigenvalue weighted by Crippen LogP contribution is -2.32. The number of nitrogens with one attached hydrogen (secondary N) is 1. The molecular formula is C19H19F3N2O. The van der Waals surface area contributed by atoms with E-state index >= 15 is 0 Å². The number of hydrogen-bond acceptors (Lipinski definition) is 2. The zero-order valence-electron chi connectivity index (χ0n) is 13.6. The first-order chi connectivity index (χ1) is 12.0. The predicted molar refractivity (Wildman–Crippen MR) is 89.8 cm³/mol. The van der Waals surface area contributed by atoms with Gasteiger partial charge in [-0.3, -0.25) is 4.79 Å². The van der Waals surface area contributed by atoms with Gasteiger partial charge < -0.3 is 10.2 Å². The molecule has 1 aliphatic heterocycles. The number of carbonyl (C=O) groups excluding carboxylic acids is 1. The minimum absolute atomic E-state index is 0.136. The average Bonchev–Trinajstić information content (AvgIpc) is 3.04.